The molecule has 5 atom stereocenters. The van der Waals surface area contributed by atoms with E-state index in [-0.39, 0.29) is 17.8 Å². The number of rotatable bonds is 6. The Morgan fingerprint density at radius 3 is 2.62 bits per heavy atom. The van der Waals surface area contributed by atoms with Crippen LogP contribution in [0.4, 0.5) is 0 Å². The molecule has 2 fully saturated rings. The zero-order valence-electron chi connectivity index (χ0n) is 14.8. The Kier molecular flexibility index (Phi) is 5.86. The molecule has 5 unspecified atom stereocenters. The number of benzene rings is 1. The number of fused-ring (bicyclic) bond motifs is 2. The van der Waals surface area contributed by atoms with Crippen LogP contribution in [0.25, 0.3) is 0 Å². The second-order valence-electron chi connectivity index (χ2n) is 7.60. The summed E-state index contributed by atoms with van der Waals surface area (Å²) in [5.41, 5.74) is 1.25. The average molecular weight is 349 g/mol. The van der Waals surface area contributed by atoms with Crippen molar-refractivity contribution in [2.24, 2.45) is 23.7 Å². The van der Waals surface area contributed by atoms with Crippen LogP contribution in [0.1, 0.15) is 63.4 Å². The molecule has 24 heavy (non-hydrogen) atoms. The van der Waals surface area contributed by atoms with E-state index in [1.807, 2.05) is 12.1 Å². The second kappa shape index (κ2) is 7.91. The molecule has 0 heterocycles. The third-order valence-electron chi connectivity index (χ3n) is 6.39. The first kappa shape index (κ1) is 17.8. The first-order valence-corrected chi connectivity index (χ1v) is 9.86. The van der Waals surface area contributed by atoms with E-state index < -0.39 is 0 Å². The molecule has 0 aromatic heterocycles. The number of methoxy groups -OCH3 is 1. The summed E-state index contributed by atoms with van der Waals surface area (Å²) in [7, 11) is 1.54. The van der Waals surface area contributed by atoms with E-state index in [0.29, 0.717) is 11.8 Å². The molecule has 0 radical (unpaired) electrons. The standard InChI is InChI=1S/C21H29ClO2/c1-3-4-5-6-17-15-9-12-18(17)20(21(23)24-2)19(13-15)14-7-10-16(22)11-8-14/h7-8,10-11,15,17-20H,3-6,9,12-13H2,1-2H3. The van der Waals surface area contributed by atoms with Crippen molar-refractivity contribution in [1.29, 1.82) is 0 Å². The number of hydrogen-bond acceptors (Lipinski definition) is 2. The Hall–Kier alpha value is -1.02. The van der Waals surface area contributed by atoms with Crippen molar-refractivity contribution >= 4 is 17.6 Å². The summed E-state index contributed by atoms with van der Waals surface area (Å²) in [5.74, 6) is 2.27. The molecule has 0 amide bonds. The molecule has 2 saturated carbocycles. The number of esters is 1. The normalized spacial score (nSPS) is 31.9. The number of halogens is 1. The predicted octanol–water partition coefficient (Wildman–Crippen LogP) is 5.84. The minimum absolute atomic E-state index is 0.0132. The van der Waals surface area contributed by atoms with Crippen LogP contribution in [-0.2, 0) is 9.53 Å². The van der Waals surface area contributed by atoms with Crippen LogP contribution in [0.15, 0.2) is 24.3 Å². The molecule has 132 valence electrons. The first-order valence-electron chi connectivity index (χ1n) is 9.49. The van der Waals surface area contributed by atoms with Gasteiger partial charge in [0.25, 0.3) is 0 Å². The van der Waals surface area contributed by atoms with Gasteiger partial charge in [0, 0.05) is 5.02 Å². The maximum absolute atomic E-state index is 12.6. The average Bonchev–Trinajstić information content (AvgIpc) is 2.87. The monoisotopic (exact) mass is 348 g/mol. The summed E-state index contributed by atoms with van der Waals surface area (Å²) in [6.07, 6.45) is 8.73. The molecule has 2 aliphatic carbocycles. The van der Waals surface area contributed by atoms with Gasteiger partial charge in [-0.2, -0.15) is 0 Å². The van der Waals surface area contributed by atoms with Gasteiger partial charge in [0.1, 0.15) is 0 Å². The Bertz CT molecular complexity index is 553. The van der Waals surface area contributed by atoms with Crippen LogP contribution in [0, 0.1) is 23.7 Å². The van der Waals surface area contributed by atoms with E-state index in [2.05, 4.69) is 19.1 Å². The Morgan fingerprint density at radius 1 is 1.21 bits per heavy atom. The fourth-order valence-corrected chi connectivity index (χ4v) is 5.43. The zero-order chi connectivity index (χ0) is 17.1. The van der Waals surface area contributed by atoms with Crippen molar-refractivity contribution < 1.29 is 9.53 Å². The molecule has 0 aliphatic heterocycles. The van der Waals surface area contributed by atoms with E-state index in [1.54, 1.807) is 0 Å². The molecule has 1 aromatic rings. The minimum atomic E-state index is -0.0132. The van der Waals surface area contributed by atoms with Gasteiger partial charge in [-0.15, -0.1) is 0 Å². The lowest BCUT2D eigenvalue weighted by molar-refractivity contribution is -0.150. The van der Waals surface area contributed by atoms with Gasteiger partial charge in [-0.05, 0) is 67.1 Å². The van der Waals surface area contributed by atoms with Crippen LogP contribution in [0.3, 0.4) is 0 Å². The molecular weight excluding hydrogens is 320 g/mol. The van der Waals surface area contributed by atoms with Crippen molar-refractivity contribution in [2.75, 3.05) is 7.11 Å². The Balaban J connectivity index is 1.83. The fraction of sp³-hybridized carbons (Fsp3) is 0.667. The van der Waals surface area contributed by atoms with Gasteiger partial charge in [0.05, 0.1) is 13.0 Å². The number of carbonyl (C=O) groups is 1. The van der Waals surface area contributed by atoms with E-state index >= 15 is 0 Å². The molecule has 0 saturated heterocycles. The molecular formula is C21H29ClO2. The molecule has 0 N–H and O–H groups in total. The number of hydrogen-bond donors (Lipinski definition) is 0. The van der Waals surface area contributed by atoms with Crippen molar-refractivity contribution in [3.05, 3.63) is 34.9 Å². The van der Waals surface area contributed by atoms with E-state index in [1.165, 1.54) is 51.2 Å². The maximum atomic E-state index is 12.6. The third kappa shape index (κ3) is 3.49. The summed E-state index contributed by atoms with van der Waals surface area (Å²) in [6.45, 7) is 2.25. The van der Waals surface area contributed by atoms with Crippen LogP contribution < -0.4 is 0 Å². The quantitative estimate of drug-likeness (QED) is 0.477. The highest BCUT2D eigenvalue weighted by Crippen LogP contribution is 2.56. The lowest BCUT2D eigenvalue weighted by Gasteiger charge is -2.41. The highest BCUT2D eigenvalue weighted by atomic mass is 35.5. The second-order valence-corrected chi connectivity index (χ2v) is 8.04. The zero-order valence-corrected chi connectivity index (χ0v) is 15.6. The van der Waals surface area contributed by atoms with Gasteiger partial charge in [0.2, 0.25) is 0 Å². The van der Waals surface area contributed by atoms with Crippen molar-refractivity contribution in [1.82, 2.24) is 0 Å². The highest BCUT2D eigenvalue weighted by Gasteiger charge is 2.51. The topological polar surface area (TPSA) is 26.3 Å². The largest absolute Gasteiger partial charge is 0.469 e. The lowest BCUT2D eigenvalue weighted by Crippen LogP contribution is -2.39. The highest BCUT2D eigenvalue weighted by molar-refractivity contribution is 6.30. The van der Waals surface area contributed by atoms with E-state index in [9.17, 15) is 4.79 Å². The molecule has 1 aromatic carbocycles. The van der Waals surface area contributed by atoms with Crippen LogP contribution >= 0.6 is 11.6 Å². The van der Waals surface area contributed by atoms with Gasteiger partial charge in [0.15, 0.2) is 0 Å². The smallest absolute Gasteiger partial charge is 0.309 e. The number of carbonyl (C=O) groups excluding carboxylic acids is 1. The molecule has 3 rings (SSSR count). The van der Waals surface area contributed by atoms with E-state index in [0.717, 1.165) is 17.4 Å². The van der Waals surface area contributed by atoms with Crippen LogP contribution in [-0.4, -0.2) is 13.1 Å². The molecule has 2 bridgehead atoms. The van der Waals surface area contributed by atoms with Crippen molar-refractivity contribution in [3.8, 4) is 0 Å². The Labute approximate surface area is 150 Å². The van der Waals surface area contributed by atoms with E-state index in [4.69, 9.17) is 16.3 Å². The van der Waals surface area contributed by atoms with Gasteiger partial charge < -0.3 is 4.74 Å². The van der Waals surface area contributed by atoms with Crippen LogP contribution in [0.2, 0.25) is 5.02 Å². The summed E-state index contributed by atoms with van der Waals surface area (Å²) in [5, 5.41) is 0.754. The lowest BCUT2D eigenvalue weighted by atomic mass is 9.63. The summed E-state index contributed by atoms with van der Waals surface area (Å²) in [4.78, 5) is 12.6. The summed E-state index contributed by atoms with van der Waals surface area (Å²) in [6, 6.07) is 8.08. The first-order chi connectivity index (χ1) is 11.7. The minimum Gasteiger partial charge on any atom is -0.469 e. The van der Waals surface area contributed by atoms with Crippen molar-refractivity contribution in [3.63, 3.8) is 0 Å². The summed E-state index contributed by atoms with van der Waals surface area (Å²) >= 11 is 6.05. The molecule has 2 nitrogen and oxygen atoms in total. The maximum Gasteiger partial charge on any atom is 0.309 e. The fourth-order valence-electron chi connectivity index (χ4n) is 5.30. The molecule has 3 heteroatoms. The van der Waals surface area contributed by atoms with Gasteiger partial charge in [-0.25, -0.2) is 0 Å². The van der Waals surface area contributed by atoms with Gasteiger partial charge in [-0.1, -0.05) is 49.9 Å². The van der Waals surface area contributed by atoms with Crippen LogP contribution in [0.5, 0.6) is 0 Å². The molecule has 2 aliphatic rings. The van der Waals surface area contributed by atoms with Gasteiger partial charge >= 0.3 is 5.97 Å². The number of unbranched alkanes of at least 4 members (excludes halogenated alkanes) is 2. The number of ether oxygens (including phenoxy) is 1. The predicted molar refractivity (Wildman–Crippen MR) is 98.2 cm³/mol. The van der Waals surface area contributed by atoms with Gasteiger partial charge in [-0.3, -0.25) is 4.79 Å². The Morgan fingerprint density at radius 2 is 1.96 bits per heavy atom. The third-order valence-corrected chi connectivity index (χ3v) is 6.64. The SMILES string of the molecule is CCCCCC1C2CCC1C(C(=O)OC)C(c1ccc(Cl)cc1)C2. The van der Waals surface area contributed by atoms with Crippen molar-refractivity contribution in [2.45, 2.75) is 57.8 Å². The summed E-state index contributed by atoms with van der Waals surface area (Å²) < 4.78 is 5.22. The molecule has 0 spiro atoms.